The van der Waals surface area contributed by atoms with E-state index in [1.54, 1.807) is 0 Å². The summed E-state index contributed by atoms with van der Waals surface area (Å²) >= 11 is 0. The Morgan fingerprint density at radius 3 is 2.24 bits per heavy atom. The summed E-state index contributed by atoms with van der Waals surface area (Å²) in [6.07, 6.45) is 4.38. The maximum Gasteiger partial charge on any atom is 0.311 e. The topological polar surface area (TPSA) is 46.5 Å². The Balaban J connectivity index is 1.99. The molecule has 3 rings (SSSR count). The normalized spacial score (nSPS) is 32.1. The first-order valence-electron chi connectivity index (χ1n) is 7.98. The van der Waals surface area contributed by atoms with E-state index in [1.165, 1.54) is 18.2 Å². The molecule has 0 aromatic heterocycles. The van der Waals surface area contributed by atoms with Crippen molar-refractivity contribution in [3.8, 4) is 0 Å². The van der Waals surface area contributed by atoms with Gasteiger partial charge in [-0.25, -0.2) is 0 Å². The summed E-state index contributed by atoms with van der Waals surface area (Å²) < 4.78 is 4.97. The van der Waals surface area contributed by atoms with Gasteiger partial charge in [-0.05, 0) is 55.1 Å². The number of rotatable bonds is 3. The van der Waals surface area contributed by atoms with Crippen LogP contribution < -0.4 is 0 Å². The van der Waals surface area contributed by atoms with Crippen molar-refractivity contribution in [2.45, 2.75) is 44.6 Å². The van der Waals surface area contributed by atoms with Crippen molar-refractivity contribution in [1.82, 2.24) is 0 Å². The Labute approximate surface area is 126 Å². The number of carbonyl (C=O) groups is 1. The van der Waals surface area contributed by atoms with E-state index in [4.69, 9.17) is 4.74 Å². The highest BCUT2D eigenvalue weighted by atomic mass is 16.5. The van der Waals surface area contributed by atoms with Crippen LogP contribution in [0.4, 0.5) is 0 Å². The van der Waals surface area contributed by atoms with Crippen molar-refractivity contribution in [1.29, 1.82) is 0 Å². The summed E-state index contributed by atoms with van der Waals surface area (Å²) in [5.74, 6) is -0.345. The second-order valence-electron chi connectivity index (χ2n) is 6.52. The van der Waals surface area contributed by atoms with Gasteiger partial charge >= 0.3 is 5.97 Å². The van der Waals surface area contributed by atoms with Crippen LogP contribution in [0.2, 0.25) is 0 Å². The van der Waals surface area contributed by atoms with Gasteiger partial charge in [0.2, 0.25) is 0 Å². The van der Waals surface area contributed by atoms with E-state index in [0.717, 1.165) is 25.7 Å². The molecule has 2 aliphatic carbocycles. The van der Waals surface area contributed by atoms with E-state index in [2.05, 4.69) is 24.3 Å². The number of ether oxygens (including phenoxy) is 1. The van der Waals surface area contributed by atoms with Crippen LogP contribution in [0.15, 0.2) is 24.3 Å². The third kappa shape index (κ3) is 2.18. The third-order valence-corrected chi connectivity index (χ3v) is 5.67. The zero-order valence-corrected chi connectivity index (χ0v) is 12.8. The van der Waals surface area contributed by atoms with Crippen LogP contribution in [0.3, 0.4) is 0 Å². The second kappa shape index (κ2) is 5.45. The number of hydrogen-bond donors (Lipinski definition) is 1. The van der Waals surface area contributed by atoms with Crippen molar-refractivity contribution in [2.75, 3.05) is 7.11 Å². The quantitative estimate of drug-likeness (QED) is 0.870. The van der Waals surface area contributed by atoms with Gasteiger partial charge in [-0.3, -0.25) is 4.79 Å². The van der Waals surface area contributed by atoms with Gasteiger partial charge in [0, 0.05) is 0 Å². The van der Waals surface area contributed by atoms with Crippen LogP contribution in [0.1, 0.15) is 37.3 Å². The minimum Gasteiger partial charge on any atom is -0.469 e. The lowest BCUT2D eigenvalue weighted by atomic mass is 9.71. The van der Waals surface area contributed by atoms with Gasteiger partial charge in [0.25, 0.3) is 0 Å². The monoisotopic (exact) mass is 288 g/mol. The summed E-state index contributed by atoms with van der Waals surface area (Å²) in [5, 5.41) is 11.5. The third-order valence-electron chi connectivity index (χ3n) is 5.67. The Hall–Kier alpha value is -1.35. The maximum absolute atomic E-state index is 12.2. The molecule has 0 aliphatic heterocycles. The van der Waals surface area contributed by atoms with Crippen molar-refractivity contribution in [3.05, 3.63) is 35.4 Å². The SMILES string of the molecule is CCC(C(=O)OC)C1(O)C2CCC1Cc1ccccc1C2. The van der Waals surface area contributed by atoms with Crippen LogP contribution in [-0.4, -0.2) is 23.8 Å². The first-order valence-corrected chi connectivity index (χ1v) is 7.98. The van der Waals surface area contributed by atoms with Crippen LogP contribution >= 0.6 is 0 Å². The standard InChI is InChI=1S/C18H24O3/c1-3-16(17(19)21-2)18(20)14-8-9-15(18)11-13-7-5-4-6-12(13)10-14/h4-7,14-16,20H,3,8-11H2,1-2H3. The van der Waals surface area contributed by atoms with Crippen molar-refractivity contribution in [3.63, 3.8) is 0 Å². The summed E-state index contributed by atoms with van der Waals surface area (Å²) in [6, 6.07) is 8.45. The number of aliphatic hydroxyl groups is 1. The van der Waals surface area contributed by atoms with Crippen molar-refractivity contribution >= 4 is 5.97 Å². The molecule has 3 atom stereocenters. The molecular weight excluding hydrogens is 264 g/mol. The molecule has 1 aromatic carbocycles. The summed E-state index contributed by atoms with van der Waals surface area (Å²) in [4.78, 5) is 12.2. The fourth-order valence-electron chi connectivity index (χ4n) is 4.61. The molecule has 0 spiro atoms. The Morgan fingerprint density at radius 1 is 1.29 bits per heavy atom. The van der Waals surface area contributed by atoms with E-state index >= 15 is 0 Å². The van der Waals surface area contributed by atoms with E-state index in [0.29, 0.717) is 6.42 Å². The predicted molar refractivity (Wildman–Crippen MR) is 80.8 cm³/mol. The zero-order valence-electron chi connectivity index (χ0n) is 12.8. The number of esters is 1. The van der Waals surface area contributed by atoms with Crippen molar-refractivity contribution < 1.29 is 14.6 Å². The van der Waals surface area contributed by atoms with Gasteiger partial charge in [-0.1, -0.05) is 31.2 Å². The summed E-state index contributed by atoms with van der Waals surface area (Å²) in [7, 11) is 1.42. The highest BCUT2D eigenvalue weighted by molar-refractivity contribution is 5.74. The summed E-state index contributed by atoms with van der Waals surface area (Å²) in [6.45, 7) is 1.97. The molecule has 0 saturated heterocycles. The summed E-state index contributed by atoms with van der Waals surface area (Å²) in [5.41, 5.74) is 1.76. The molecule has 0 amide bonds. The molecule has 1 aromatic rings. The smallest absolute Gasteiger partial charge is 0.311 e. The number of methoxy groups -OCH3 is 1. The van der Waals surface area contributed by atoms with Gasteiger partial charge in [0.15, 0.2) is 0 Å². The van der Waals surface area contributed by atoms with Crippen LogP contribution in [0.5, 0.6) is 0 Å². The fourth-order valence-corrected chi connectivity index (χ4v) is 4.61. The Morgan fingerprint density at radius 2 is 1.81 bits per heavy atom. The first-order chi connectivity index (χ1) is 10.1. The molecule has 2 aliphatic rings. The molecule has 3 heteroatoms. The van der Waals surface area contributed by atoms with Gasteiger partial charge < -0.3 is 9.84 Å². The number of hydrogen-bond acceptors (Lipinski definition) is 3. The van der Waals surface area contributed by atoms with Crippen molar-refractivity contribution in [2.24, 2.45) is 17.8 Å². The number of fused-ring (bicyclic) bond motifs is 3. The minimum atomic E-state index is -0.916. The zero-order chi connectivity index (χ0) is 15.0. The maximum atomic E-state index is 12.2. The Kier molecular flexibility index (Phi) is 3.78. The van der Waals surface area contributed by atoms with Gasteiger partial charge in [-0.2, -0.15) is 0 Å². The molecule has 0 radical (unpaired) electrons. The lowest BCUT2D eigenvalue weighted by molar-refractivity contribution is -0.164. The van der Waals surface area contributed by atoms with Gasteiger partial charge in [0.1, 0.15) is 0 Å². The predicted octanol–water partition coefficient (Wildman–Crippen LogP) is 2.74. The van der Waals surface area contributed by atoms with Crippen LogP contribution in [0, 0.1) is 17.8 Å². The van der Waals surface area contributed by atoms with E-state index < -0.39 is 11.5 Å². The van der Waals surface area contributed by atoms with Crippen LogP contribution in [0.25, 0.3) is 0 Å². The fraction of sp³-hybridized carbons (Fsp3) is 0.611. The highest BCUT2D eigenvalue weighted by Gasteiger charge is 2.56. The largest absolute Gasteiger partial charge is 0.469 e. The van der Waals surface area contributed by atoms with E-state index in [1.807, 2.05) is 6.92 Å². The minimum absolute atomic E-state index is 0.162. The number of carbonyl (C=O) groups excluding carboxylic acids is 1. The first kappa shape index (κ1) is 14.6. The van der Waals surface area contributed by atoms with Gasteiger partial charge in [0.05, 0.1) is 18.6 Å². The molecule has 3 unspecified atom stereocenters. The van der Waals surface area contributed by atoms with Crippen LogP contribution in [-0.2, 0) is 22.4 Å². The highest BCUT2D eigenvalue weighted by Crippen LogP contribution is 2.51. The molecule has 114 valence electrons. The molecule has 21 heavy (non-hydrogen) atoms. The molecule has 0 heterocycles. The van der Waals surface area contributed by atoms with Gasteiger partial charge in [-0.15, -0.1) is 0 Å². The molecule has 2 bridgehead atoms. The molecule has 1 fully saturated rings. The molecular formula is C18H24O3. The average Bonchev–Trinajstić information content (AvgIpc) is 2.70. The average molecular weight is 288 g/mol. The lowest BCUT2D eigenvalue weighted by Gasteiger charge is -2.39. The lowest BCUT2D eigenvalue weighted by Crippen LogP contribution is -2.50. The molecule has 3 nitrogen and oxygen atoms in total. The number of benzene rings is 1. The molecule has 1 saturated carbocycles. The second-order valence-corrected chi connectivity index (χ2v) is 6.52. The van der Waals surface area contributed by atoms with E-state index in [9.17, 15) is 9.90 Å². The molecule has 1 N–H and O–H groups in total. The van der Waals surface area contributed by atoms with E-state index in [-0.39, 0.29) is 17.8 Å². The Bertz CT molecular complexity index is 504.